The lowest BCUT2D eigenvalue weighted by molar-refractivity contribution is -0.121. The van der Waals surface area contributed by atoms with Crippen LogP contribution in [0.3, 0.4) is 0 Å². The number of nitrogens with one attached hydrogen (secondary N) is 3. The first-order valence-corrected chi connectivity index (χ1v) is 8.47. The van der Waals surface area contributed by atoms with E-state index < -0.39 is 5.54 Å². The van der Waals surface area contributed by atoms with Crippen molar-refractivity contribution in [2.45, 2.75) is 37.8 Å². The maximum absolute atomic E-state index is 12.8. The van der Waals surface area contributed by atoms with Gasteiger partial charge in [0.05, 0.1) is 11.9 Å². The van der Waals surface area contributed by atoms with Crippen molar-refractivity contribution in [1.29, 1.82) is 0 Å². The van der Waals surface area contributed by atoms with Crippen LogP contribution in [0.1, 0.15) is 31.2 Å². The first-order chi connectivity index (χ1) is 12.1. The van der Waals surface area contributed by atoms with Gasteiger partial charge in [-0.05, 0) is 18.4 Å². The highest BCUT2D eigenvalue weighted by molar-refractivity contribution is 6.00. The minimum absolute atomic E-state index is 0.187. The first-order valence-electron chi connectivity index (χ1n) is 8.47. The Labute approximate surface area is 146 Å². The molecule has 25 heavy (non-hydrogen) atoms. The molecule has 3 N–H and O–H groups in total. The lowest BCUT2D eigenvalue weighted by Crippen LogP contribution is -2.57. The molecule has 1 saturated carbocycles. The minimum Gasteiger partial charge on any atom is -0.334 e. The van der Waals surface area contributed by atoms with Crippen molar-refractivity contribution in [2.75, 3.05) is 5.32 Å². The number of aryl methyl sites for hydroxylation is 1. The second kappa shape index (κ2) is 7.38. The number of carbonyl (C=O) groups excluding carboxylic acids is 2. The van der Waals surface area contributed by atoms with Crippen molar-refractivity contribution in [1.82, 2.24) is 20.4 Å². The third kappa shape index (κ3) is 4.17. The number of amides is 3. The molecular formula is C18H23N5O2. The summed E-state index contributed by atoms with van der Waals surface area (Å²) in [6.45, 7) is 0.424. The average Bonchev–Trinajstić information content (AvgIpc) is 3.24. The largest absolute Gasteiger partial charge is 0.334 e. The van der Waals surface area contributed by atoms with E-state index in [0.717, 1.165) is 18.4 Å². The van der Waals surface area contributed by atoms with Crippen LogP contribution in [0.5, 0.6) is 0 Å². The van der Waals surface area contributed by atoms with E-state index in [2.05, 4.69) is 21.0 Å². The molecule has 7 nitrogen and oxygen atoms in total. The fourth-order valence-corrected chi connectivity index (χ4v) is 3.16. The van der Waals surface area contributed by atoms with E-state index in [-0.39, 0.29) is 11.9 Å². The van der Waals surface area contributed by atoms with E-state index in [1.54, 1.807) is 24.1 Å². The Hall–Kier alpha value is -2.83. The molecule has 0 bridgehead atoms. The Balaban J connectivity index is 1.61. The van der Waals surface area contributed by atoms with Crippen LogP contribution in [0.15, 0.2) is 42.7 Å². The van der Waals surface area contributed by atoms with Crippen LogP contribution in [0, 0.1) is 0 Å². The van der Waals surface area contributed by atoms with Gasteiger partial charge in [0, 0.05) is 19.8 Å². The molecular weight excluding hydrogens is 318 g/mol. The molecule has 0 radical (unpaired) electrons. The Morgan fingerprint density at radius 3 is 2.56 bits per heavy atom. The van der Waals surface area contributed by atoms with Crippen LogP contribution >= 0.6 is 0 Å². The number of nitrogens with zero attached hydrogens (tertiary/aromatic N) is 2. The number of aromatic nitrogens is 2. The molecule has 3 rings (SSSR count). The Bertz CT molecular complexity index is 735. The molecule has 7 heteroatoms. The number of hydrogen-bond acceptors (Lipinski definition) is 3. The van der Waals surface area contributed by atoms with Crippen LogP contribution in [0.4, 0.5) is 10.5 Å². The van der Waals surface area contributed by atoms with Crippen LogP contribution in [-0.4, -0.2) is 27.3 Å². The predicted molar refractivity (Wildman–Crippen MR) is 94.9 cm³/mol. The summed E-state index contributed by atoms with van der Waals surface area (Å²) in [6.07, 6.45) is 6.43. The maximum Gasteiger partial charge on any atom is 0.315 e. The summed E-state index contributed by atoms with van der Waals surface area (Å²) < 4.78 is 1.62. The zero-order chi connectivity index (χ0) is 17.7. The van der Waals surface area contributed by atoms with Gasteiger partial charge in [-0.25, -0.2) is 4.79 Å². The fourth-order valence-electron chi connectivity index (χ4n) is 3.16. The molecule has 0 unspecified atom stereocenters. The molecule has 3 amide bonds. The predicted octanol–water partition coefficient (Wildman–Crippen LogP) is 2.17. The quantitative estimate of drug-likeness (QED) is 0.779. The van der Waals surface area contributed by atoms with E-state index >= 15 is 0 Å². The molecule has 2 aromatic rings. The molecule has 132 valence electrons. The molecule has 0 aliphatic heterocycles. The summed E-state index contributed by atoms with van der Waals surface area (Å²) in [5.41, 5.74) is 0.777. The van der Waals surface area contributed by atoms with Crippen molar-refractivity contribution < 1.29 is 9.59 Å². The van der Waals surface area contributed by atoms with Crippen LogP contribution in [0.25, 0.3) is 0 Å². The van der Waals surface area contributed by atoms with E-state index in [1.165, 1.54) is 0 Å². The van der Waals surface area contributed by atoms with Gasteiger partial charge in [-0.2, -0.15) is 5.10 Å². The molecule has 1 aromatic heterocycles. The van der Waals surface area contributed by atoms with Crippen molar-refractivity contribution >= 4 is 17.6 Å². The Kier molecular flexibility index (Phi) is 5.02. The zero-order valence-electron chi connectivity index (χ0n) is 14.3. The van der Waals surface area contributed by atoms with Gasteiger partial charge >= 0.3 is 6.03 Å². The van der Waals surface area contributed by atoms with Crippen molar-refractivity contribution in [3.63, 3.8) is 0 Å². The van der Waals surface area contributed by atoms with Gasteiger partial charge in [0.15, 0.2) is 0 Å². The Morgan fingerprint density at radius 1 is 1.20 bits per heavy atom. The summed E-state index contributed by atoms with van der Waals surface area (Å²) >= 11 is 0. The van der Waals surface area contributed by atoms with E-state index in [9.17, 15) is 9.59 Å². The second-order valence-corrected chi connectivity index (χ2v) is 6.44. The van der Waals surface area contributed by atoms with Gasteiger partial charge < -0.3 is 16.0 Å². The molecule has 1 heterocycles. The van der Waals surface area contributed by atoms with Gasteiger partial charge in [0.1, 0.15) is 5.54 Å². The highest BCUT2D eigenvalue weighted by atomic mass is 16.2. The molecule has 0 saturated heterocycles. The summed E-state index contributed by atoms with van der Waals surface area (Å²) in [4.78, 5) is 25.1. The lowest BCUT2D eigenvalue weighted by Gasteiger charge is -2.28. The zero-order valence-corrected chi connectivity index (χ0v) is 14.3. The monoisotopic (exact) mass is 341 g/mol. The number of hydrogen-bond donors (Lipinski definition) is 3. The molecule has 1 fully saturated rings. The smallest absolute Gasteiger partial charge is 0.315 e. The van der Waals surface area contributed by atoms with E-state index in [1.807, 2.05) is 30.3 Å². The number of rotatable bonds is 5. The van der Waals surface area contributed by atoms with Gasteiger partial charge in [-0.1, -0.05) is 43.2 Å². The third-order valence-electron chi connectivity index (χ3n) is 4.50. The molecule has 1 aliphatic carbocycles. The molecule has 0 atom stereocenters. The van der Waals surface area contributed by atoms with Gasteiger partial charge in [0.2, 0.25) is 5.91 Å². The van der Waals surface area contributed by atoms with Crippen molar-refractivity contribution in [3.05, 3.63) is 48.3 Å². The normalized spacial score (nSPS) is 15.6. The molecule has 0 spiro atoms. The Morgan fingerprint density at radius 2 is 1.92 bits per heavy atom. The van der Waals surface area contributed by atoms with E-state index in [4.69, 9.17) is 0 Å². The summed E-state index contributed by atoms with van der Waals surface area (Å²) in [7, 11) is 1.79. The SMILES string of the molecule is Cn1cc(NC(=O)C2(NC(=O)NCc3ccccc3)CCCC2)cn1. The number of benzene rings is 1. The topological polar surface area (TPSA) is 88.0 Å². The van der Waals surface area contributed by atoms with E-state index in [0.29, 0.717) is 25.1 Å². The minimum atomic E-state index is -0.864. The van der Waals surface area contributed by atoms with Crippen LogP contribution in [0.2, 0.25) is 0 Å². The number of anilines is 1. The van der Waals surface area contributed by atoms with Gasteiger partial charge in [-0.3, -0.25) is 9.48 Å². The van der Waals surface area contributed by atoms with Gasteiger partial charge in [-0.15, -0.1) is 0 Å². The lowest BCUT2D eigenvalue weighted by atomic mass is 9.96. The summed E-state index contributed by atoms with van der Waals surface area (Å²) in [6, 6.07) is 9.34. The number of urea groups is 1. The summed E-state index contributed by atoms with van der Waals surface area (Å²) in [5.74, 6) is -0.187. The molecule has 1 aromatic carbocycles. The standard InChI is InChI=1S/C18H23N5O2/c1-23-13-15(12-20-23)21-16(24)18(9-5-6-10-18)22-17(25)19-11-14-7-3-2-4-8-14/h2-4,7-8,12-13H,5-6,9-11H2,1H3,(H,21,24)(H2,19,22,25). The van der Waals surface area contributed by atoms with Gasteiger partial charge in [0.25, 0.3) is 0 Å². The van der Waals surface area contributed by atoms with Crippen molar-refractivity contribution in [3.8, 4) is 0 Å². The highest BCUT2D eigenvalue weighted by Gasteiger charge is 2.42. The van der Waals surface area contributed by atoms with Crippen LogP contribution in [-0.2, 0) is 18.4 Å². The second-order valence-electron chi connectivity index (χ2n) is 6.44. The fraction of sp³-hybridized carbons (Fsp3) is 0.389. The highest BCUT2D eigenvalue weighted by Crippen LogP contribution is 2.31. The van der Waals surface area contributed by atoms with Crippen LogP contribution < -0.4 is 16.0 Å². The summed E-state index contributed by atoms with van der Waals surface area (Å²) in [5, 5.41) is 12.6. The molecule has 1 aliphatic rings. The average molecular weight is 341 g/mol. The van der Waals surface area contributed by atoms with Crippen molar-refractivity contribution in [2.24, 2.45) is 7.05 Å². The first kappa shape index (κ1) is 17.0. The number of carbonyl (C=O) groups is 2. The maximum atomic E-state index is 12.8. The third-order valence-corrected chi connectivity index (χ3v) is 4.50.